The lowest BCUT2D eigenvalue weighted by molar-refractivity contribution is -0.116. The van der Waals surface area contributed by atoms with Crippen LogP contribution in [0.25, 0.3) is 10.9 Å². The Hall–Kier alpha value is -2.30. The van der Waals surface area contributed by atoms with E-state index in [-0.39, 0.29) is 6.54 Å². The molecule has 0 fully saturated rings. The van der Waals surface area contributed by atoms with E-state index in [2.05, 4.69) is 10.3 Å². The fourth-order valence-electron chi connectivity index (χ4n) is 1.51. The third-order valence-electron chi connectivity index (χ3n) is 2.28. The molecule has 0 radical (unpaired) electrons. The van der Waals surface area contributed by atoms with E-state index in [1.165, 1.54) is 0 Å². The molecule has 1 aromatic carbocycles. The number of anilines is 2. The molecule has 5 N–H and O–H groups in total. The molecule has 0 atom stereocenters. The van der Waals surface area contributed by atoms with Crippen molar-refractivity contribution in [1.82, 2.24) is 4.98 Å². The van der Waals surface area contributed by atoms with Crippen molar-refractivity contribution in [3.8, 4) is 0 Å². The first-order valence-corrected chi connectivity index (χ1v) is 4.84. The first kappa shape index (κ1) is 10.2. The van der Waals surface area contributed by atoms with Gasteiger partial charge < -0.3 is 16.8 Å². The van der Waals surface area contributed by atoms with Gasteiger partial charge in [-0.25, -0.2) is 0 Å². The molecule has 0 aliphatic heterocycles. The number of hydrogen-bond acceptors (Lipinski definition) is 4. The first-order valence-electron chi connectivity index (χ1n) is 4.84. The fraction of sp³-hybridized carbons (Fsp3) is 0.0909. The van der Waals surface area contributed by atoms with Crippen LogP contribution in [0.5, 0.6) is 0 Å². The molecule has 82 valence electrons. The van der Waals surface area contributed by atoms with Crippen LogP contribution in [0, 0.1) is 0 Å². The predicted molar refractivity (Wildman–Crippen MR) is 63.8 cm³/mol. The van der Waals surface area contributed by atoms with Gasteiger partial charge in [-0.05, 0) is 24.3 Å². The number of fused-ring (bicyclic) bond motifs is 1. The summed E-state index contributed by atoms with van der Waals surface area (Å²) < 4.78 is 0. The molecule has 0 bridgehead atoms. The molecular formula is C11H12N4O. The van der Waals surface area contributed by atoms with E-state index in [1.54, 1.807) is 12.3 Å². The Labute approximate surface area is 92.5 Å². The summed E-state index contributed by atoms with van der Waals surface area (Å²) in [6.45, 7) is 0.0654. The summed E-state index contributed by atoms with van der Waals surface area (Å²) in [6, 6.07) is 7.33. The standard InChI is InChI=1S/C11H12N4O/c12-10(16)6-15-9-4-3-8-7(11(9)13)2-1-5-14-8/h1-5,15H,6,13H2,(H2,12,16). The van der Waals surface area contributed by atoms with Crippen LogP contribution in [-0.2, 0) is 4.79 Å². The topological polar surface area (TPSA) is 94.0 Å². The number of carbonyl (C=O) groups is 1. The molecule has 0 saturated heterocycles. The minimum Gasteiger partial charge on any atom is -0.397 e. The Morgan fingerprint density at radius 1 is 1.38 bits per heavy atom. The number of rotatable bonds is 3. The van der Waals surface area contributed by atoms with Crippen molar-refractivity contribution in [3.63, 3.8) is 0 Å². The quantitative estimate of drug-likeness (QED) is 0.659. The number of nitrogens with zero attached hydrogens (tertiary/aromatic N) is 1. The van der Waals surface area contributed by atoms with Gasteiger partial charge in [0.25, 0.3) is 0 Å². The second kappa shape index (κ2) is 4.06. The highest BCUT2D eigenvalue weighted by molar-refractivity contribution is 5.97. The van der Waals surface area contributed by atoms with E-state index in [1.807, 2.05) is 18.2 Å². The maximum absolute atomic E-state index is 10.7. The highest BCUT2D eigenvalue weighted by Gasteiger charge is 2.04. The Balaban J connectivity index is 2.40. The van der Waals surface area contributed by atoms with E-state index >= 15 is 0 Å². The molecule has 5 heteroatoms. The van der Waals surface area contributed by atoms with Gasteiger partial charge in [-0.15, -0.1) is 0 Å². The number of nitrogens with one attached hydrogen (secondary N) is 1. The van der Waals surface area contributed by atoms with Gasteiger partial charge in [-0.2, -0.15) is 0 Å². The number of primary amides is 1. The van der Waals surface area contributed by atoms with E-state index < -0.39 is 5.91 Å². The molecule has 1 amide bonds. The fourth-order valence-corrected chi connectivity index (χ4v) is 1.51. The summed E-state index contributed by atoms with van der Waals surface area (Å²) in [6.07, 6.45) is 1.71. The number of pyridine rings is 1. The van der Waals surface area contributed by atoms with Crippen LogP contribution in [-0.4, -0.2) is 17.4 Å². The number of benzene rings is 1. The molecule has 5 nitrogen and oxygen atoms in total. The van der Waals surface area contributed by atoms with Gasteiger partial charge in [0.2, 0.25) is 5.91 Å². The lowest BCUT2D eigenvalue weighted by Gasteiger charge is -2.09. The second-order valence-electron chi connectivity index (χ2n) is 3.42. The number of nitrogen functional groups attached to an aromatic ring is 1. The minimum absolute atomic E-state index is 0.0654. The largest absolute Gasteiger partial charge is 0.397 e. The first-order chi connectivity index (χ1) is 7.68. The number of nitrogens with two attached hydrogens (primary N) is 2. The molecule has 1 aromatic heterocycles. The zero-order chi connectivity index (χ0) is 11.5. The van der Waals surface area contributed by atoms with Crippen LogP contribution in [0.2, 0.25) is 0 Å². The molecule has 1 heterocycles. The van der Waals surface area contributed by atoms with Crippen LogP contribution < -0.4 is 16.8 Å². The van der Waals surface area contributed by atoms with Gasteiger partial charge >= 0.3 is 0 Å². The summed E-state index contributed by atoms with van der Waals surface area (Å²) in [5.41, 5.74) is 13.1. The maximum atomic E-state index is 10.7. The van der Waals surface area contributed by atoms with Gasteiger partial charge in [-0.1, -0.05) is 0 Å². The van der Waals surface area contributed by atoms with Crippen molar-refractivity contribution in [2.24, 2.45) is 5.73 Å². The molecule has 0 unspecified atom stereocenters. The van der Waals surface area contributed by atoms with E-state index in [4.69, 9.17) is 11.5 Å². The molecule has 16 heavy (non-hydrogen) atoms. The maximum Gasteiger partial charge on any atom is 0.236 e. The van der Waals surface area contributed by atoms with Crippen LogP contribution in [0.4, 0.5) is 11.4 Å². The van der Waals surface area contributed by atoms with Crippen molar-refractivity contribution in [3.05, 3.63) is 30.5 Å². The normalized spacial score (nSPS) is 10.2. The van der Waals surface area contributed by atoms with Gasteiger partial charge in [0.15, 0.2) is 0 Å². The minimum atomic E-state index is -0.425. The van der Waals surface area contributed by atoms with Gasteiger partial charge in [-0.3, -0.25) is 9.78 Å². The number of hydrogen-bond donors (Lipinski definition) is 3. The summed E-state index contributed by atoms with van der Waals surface area (Å²) in [5.74, 6) is -0.425. The lowest BCUT2D eigenvalue weighted by atomic mass is 10.1. The zero-order valence-electron chi connectivity index (χ0n) is 8.60. The Morgan fingerprint density at radius 2 is 2.19 bits per heavy atom. The molecule has 2 rings (SSSR count). The molecule has 0 aliphatic rings. The van der Waals surface area contributed by atoms with E-state index in [0.717, 1.165) is 10.9 Å². The Morgan fingerprint density at radius 3 is 2.94 bits per heavy atom. The van der Waals surface area contributed by atoms with Crippen molar-refractivity contribution in [2.75, 3.05) is 17.6 Å². The Kier molecular flexibility index (Phi) is 2.59. The van der Waals surface area contributed by atoms with Crippen LogP contribution in [0.3, 0.4) is 0 Å². The molecular weight excluding hydrogens is 204 g/mol. The third-order valence-corrected chi connectivity index (χ3v) is 2.28. The highest BCUT2D eigenvalue weighted by Crippen LogP contribution is 2.26. The summed E-state index contributed by atoms with van der Waals surface area (Å²) in [4.78, 5) is 14.8. The second-order valence-corrected chi connectivity index (χ2v) is 3.42. The van der Waals surface area contributed by atoms with Crippen LogP contribution in [0.15, 0.2) is 30.5 Å². The van der Waals surface area contributed by atoms with Crippen molar-refractivity contribution in [2.45, 2.75) is 0 Å². The molecule has 0 spiro atoms. The van der Waals surface area contributed by atoms with E-state index in [9.17, 15) is 4.79 Å². The zero-order valence-corrected chi connectivity index (χ0v) is 8.60. The highest BCUT2D eigenvalue weighted by atomic mass is 16.1. The smallest absolute Gasteiger partial charge is 0.236 e. The molecule has 2 aromatic rings. The monoisotopic (exact) mass is 216 g/mol. The van der Waals surface area contributed by atoms with Gasteiger partial charge in [0.05, 0.1) is 23.4 Å². The van der Waals surface area contributed by atoms with Gasteiger partial charge in [0, 0.05) is 11.6 Å². The number of carbonyl (C=O) groups excluding carboxylic acids is 1. The summed E-state index contributed by atoms with van der Waals surface area (Å²) >= 11 is 0. The number of aromatic nitrogens is 1. The molecule has 0 aliphatic carbocycles. The third kappa shape index (κ3) is 1.88. The average Bonchev–Trinajstić information content (AvgIpc) is 2.28. The van der Waals surface area contributed by atoms with E-state index in [0.29, 0.717) is 11.4 Å². The summed E-state index contributed by atoms with van der Waals surface area (Å²) in [5, 5.41) is 3.74. The average molecular weight is 216 g/mol. The molecule has 0 saturated carbocycles. The Bertz CT molecular complexity index is 538. The van der Waals surface area contributed by atoms with Crippen molar-refractivity contribution < 1.29 is 4.79 Å². The number of amides is 1. The van der Waals surface area contributed by atoms with Crippen molar-refractivity contribution in [1.29, 1.82) is 0 Å². The summed E-state index contributed by atoms with van der Waals surface area (Å²) in [7, 11) is 0. The SMILES string of the molecule is NC(=O)CNc1ccc2ncccc2c1N. The van der Waals surface area contributed by atoms with Gasteiger partial charge in [0.1, 0.15) is 0 Å². The lowest BCUT2D eigenvalue weighted by Crippen LogP contribution is -2.22. The van der Waals surface area contributed by atoms with Crippen LogP contribution >= 0.6 is 0 Å². The van der Waals surface area contributed by atoms with Crippen molar-refractivity contribution >= 4 is 28.2 Å². The predicted octanol–water partition coefficient (Wildman–Crippen LogP) is 0.714. The van der Waals surface area contributed by atoms with Crippen LogP contribution in [0.1, 0.15) is 0 Å².